The molecule has 2 aromatic rings. The van der Waals surface area contributed by atoms with Crippen LogP contribution in [0.25, 0.3) is 0 Å². The number of hydrogen-bond acceptors (Lipinski definition) is 2. The summed E-state index contributed by atoms with van der Waals surface area (Å²) in [4.78, 5) is 15.8. The second-order valence-corrected chi connectivity index (χ2v) is 15.3. The lowest BCUT2D eigenvalue weighted by Crippen LogP contribution is -2.46. The Hall–Kier alpha value is -2.07. The molecule has 0 saturated heterocycles. The Morgan fingerprint density at radius 2 is 1.50 bits per heavy atom. The molecule has 162 valence electrons. The number of rotatable bonds is 4. The van der Waals surface area contributed by atoms with E-state index in [2.05, 4.69) is 77.7 Å². The molecule has 4 heteroatoms. The number of phenols is 1. The molecule has 0 spiro atoms. The third kappa shape index (κ3) is 4.49. The first kappa shape index (κ1) is 22.6. The Kier molecular flexibility index (Phi) is 6.47. The molecule has 1 unspecified atom stereocenters. The van der Waals surface area contributed by atoms with Gasteiger partial charge in [0.1, 0.15) is 5.75 Å². The van der Waals surface area contributed by atoms with Gasteiger partial charge in [0, 0.05) is 17.6 Å². The van der Waals surface area contributed by atoms with Crippen LogP contribution in [0, 0.1) is 0 Å². The van der Waals surface area contributed by atoms with E-state index >= 15 is 0 Å². The van der Waals surface area contributed by atoms with Crippen molar-refractivity contribution in [2.24, 2.45) is 0 Å². The average molecular weight is 424 g/mol. The summed E-state index contributed by atoms with van der Waals surface area (Å²) in [6.45, 7) is 15.1. The van der Waals surface area contributed by atoms with Crippen LogP contribution in [0.1, 0.15) is 55.9 Å². The van der Waals surface area contributed by atoms with Crippen molar-refractivity contribution in [3.63, 3.8) is 0 Å². The highest BCUT2D eigenvalue weighted by atomic mass is 28.3. The maximum absolute atomic E-state index is 13.8. The van der Waals surface area contributed by atoms with E-state index < -0.39 is 8.07 Å². The van der Waals surface area contributed by atoms with Gasteiger partial charge in [-0.3, -0.25) is 4.79 Å². The number of carbonyl (C=O) groups is 1. The molecule has 2 aromatic carbocycles. The number of aromatic hydroxyl groups is 1. The van der Waals surface area contributed by atoms with Crippen molar-refractivity contribution in [3.8, 4) is 5.75 Å². The van der Waals surface area contributed by atoms with Crippen LogP contribution >= 0.6 is 0 Å². The van der Waals surface area contributed by atoms with Crippen LogP contribution in [0.5, 0.6) is 5.75 Å². The van der Waals surface area contributed by atoms with E-state index in [4.69, 9.17) is 0 Å². The fourth-order valence-corrected chi connectivity index (χ4v) is 6.97. The van der Waals surface area contributed by atoms with E-state index in [1.165, 1.54) is 11.1 Å². The number of aryl methyl sites for hydroxylation is 2. The summed E-state index contributed by atoms with van der Waals surface area (Å²) in [6, 6.07) is 13.1. The van der Waals surface area contributed by atoms with Crippen LogP contribution in [0.4, 0.5) is 0 Å². The summed E-state index contributed by atoms with van der Waals surface area (Å²) in [5.41, 5.74) is 4.47. The fourth-order valence-electron chi connectivity index (χ4n) is 4.95. The van der Waals surface area contributed by atoms with E-state index in [-0.39, 0.29) is 23.9 Å². The van der Waals surface area contributed by atoms with Crippen molar-refractivity contribution in [3.05, 3.63) is 58.7 Å². The maximum Gasteiger partial charge on any atom is 0.231 e. The minimum Gasteiger partial charge on any atom is -0.508 e. The molecule has 0 saturated carbocycles. The number of benzene rings is 2. The van der Waals surface area contributed by atoms with Gasteiger partial charge in [-0.25, -0.2) is 0 Å². The Labute approximate surface area is 183 Å². The smallest absolute Gasteiger partial charge is 0.231 e. The van der Waals surface area contributed by atoms with E-state index in [0.717, 1.165) is 29.2 Å². The topological polar surface area (TPSA) is 40.5 Å². The van der Waals surface area contributed by atoms with E-state index in [0.29, 0.717) is 12.2 Å². The molecule has 0 heterocycles. The second-order valence-electron chi connectivity index (χ2n) is 10.3. The minimum absolute atomic E-state index is 0.103. The van der Waals surface area contributed by atoms with E-state index in [1.807, 2.05) is 11.0 Å². The molecule has 0 aromatic heterocycles. The van der Waals surface area contributed by atoms with Gasteiger partial charge in [0.05, 0.1) is 14.0 Å². The van der Waals surface area contributed by atoms with Gasteiger partial charge in [0.15, 0.2) is 0 Å². The van der Waals surface area contributed by atoms with Crippen LogP contribution in [0.3, 0.4) is 0 Å². The van der Waals surface area contributed by atoms with Crippen LogP contribution in [-0.4, -0.2) is 36.1 Å². The first-order chi connectivity index (χ1) is 14.0. The largest absolute Gasteiger partial charge is 0.508 e. The first-order valence-corrected chi connectivity index (χ1v) is 14.8. The normalized spacial score (nSPS) is 16.6. The predicted molar refractivity (Wildman–Crippen MR) is 128 cm³/mol. The molecule has 0 radical (unpaired) electrons. The van der Waals surface area contributed by atoms with Gasteiger partial charge in [0.2, 0.25) is 5.91 Å². The van der Waals surface area contributed by atoms with Crippen LogP contribution < -0.4 is 5.19 Å². The van der Waals surface area contributed by atoms with Crippen molar-refractivity contribution in [1.82, 2.24) is 4.90 Å². The van der Waals surface area contributed by atoms with Crippen molar-refractivity contribution in [1.29, 1.82) is 0 Å². The third-order valence-corrected chi connectivity index (χ3v) is 8.29. The van der Waals surface area contributed by atoms with Crippen molar-refractivity contribution < 1.29 is 9.90 Å². The third-order valence-electron chi connectivity index (χ3n) is 6.23. The Morgan fingerprint density at radius 3 is 2.03 bits per heavy atom. The van der Waals surface area contributed by atoms with Gasteiger partial charge < -0.3 is 10.0 Å². The second kappa shape index (κ2) is 8.58. The molecule has 1 amide bonds. The quantitative estimate of drug-likeness (QED) is 0.703. The van der Waals surface area contributed by atoms with Gasteiger partial charge in [-0.2, -0.15) is 0 Å². The molecule has 4 bridgehead atoms. The maximum atomic E-state index is 13.8. The molecule has 30 heavy (non-hydrogen) atoms. The lowest BCUT2D eigenvalue weighted by molar-refractivity contribution is -0.136. The molecular weight excluding hydrogens is 386 g/mol. The van der Waals surface area contributed by atoms with Gasteiger partial charge in [-0.15, -0.1) is 0 Å². The van der Waals surface area contributed by atoms with Crippen LogP contribution in [0.2, 0.25) is 19.6 Å². The highest BCUT2D eigenvalue weighted by molar-refractivity contribution is 6.89. The number of amides is 1. The Morgan fingerprint density at radius 1 is 0.933 bits per heavy atom. The Bertz CT molecular complexity index is 902. The number of hydrogen-bond donors (Lipinski definition) is 1. The van der Waals surface area contributed by atoms with Crippen LogP contribution in [-0.2, 0) is 24.1 Å². The standard InChI is InChI=1S/C26H37NO2Si/c1-17(2)27(18(3)4)26(29)23-16-20-10-8-19(9-11-20)12-13-21-14-15-22(23)24(28)25(21)30(5,6)7/h8-11,14-15,17-18,23,28H,12-13,16H2,1-7H3. The van der Waals surface area contributed by atoms with E-state index in [9.17, 15) is 9.90 Å². The molecular formula is C26H37NO2Si. The molecule has 0 aliphatic heterocycles. The molecule has 6 rings (SSSR count). The summed E-state index contributed by atoms with van der Waals surface area (Å²) < 4.78 is 0. The molecule has 4 aliphatic carbocycles. The van der Waals surface area contributed by atoms with Crippen LogP contribution in [0.15, 0.2) is 36.4 Å². The summed E-state index contributed by atoms with van der Waals surface area (Å²) in [5.74, 6) is 0.0856. The van der Waals surface area contributed by atoms with Gasteiger partial charge >= 0.3 is 0 Å². The first-order valence-electron chi connectivity index (χ1n) is 11.3. The van der Waals surface area contributed by atoms with Crippen molar-refractivity contribution >= 4 is 19.2 Å². The molecule has 0 fully saturated rings. The highest BCUT2D eigenvalue weighted by Crippen LogP contribution is 2.34. The van der Waals surface area contributed by atoms with Gasteiger partial charge in [-0.1, -0.05) is 56.0 Å². The Balaban J connectivity index is 2.22. The predicted octanol–water partition coefficient (Wildman–Crippen LogP) is 5.01. The molecule has 1 N–H and O–H groups in total. The summed E-state index contributed by atoms with van der Waals surface area (Å²) >= 11 is 0. The SMILES string of the molecule is CC(C)N(C(=O)C1Cc2ccc(cc2)CCc2ccc1c(O)c2[Si](C)(C)C)C(C)C. The summed E-state index contributed by atoms with van der Waals surface area (Å²) in [6.07, 6.45) is 2.48. The monoisotopic (exact) mass is 423 g/mol. The number of nitrogens with zero attached hydrogens (tertiary/aromatic N) is 1. The zero-order valence-electron chi connectivity index (χ0n) is 19.6. The molecule has 3 nitrogen and oxygen atoms in total. The summed E-state index contributed by atoms with van der Waals surface area (Å²) in [7, 11) is -1.81. The van der Waals surface area contributed by atoms with Crippen molar-refractivity contribution in [2.45, 2.75) is 84.6 Å². The number of phenolic OH excluding ortho intramolecular Hbond substituents is 1. The molecule has 4 aliphatic rings. The highest BCUT2D eigenvalue weighted by Gasteiger charge is 2.34. The average Bonchev–Trinajstić information content (AvgIpc) is 2.62. The lowest BCUT2D eigenvalue weighted by atomic mass is 9.87. The molecule has 1 atom stereocenters. The van der Waals surface area contributed by atoms with Gasteiger partial charge in [0.25, 0.3) is 0 Å². The van der Waals surface area contributed by atoms with Gasteiger partial charge in [-0.05, 0) is 68.8 Å². The minimum atomic E-state index is -1.81. The zero-order valence-corrected chi connectivity index (χ0v) is 20.6. The zero-order chi connectivity index (χ0) is 22.2. The summed E-state index contributed by atoms with van der Waals surface area (Å²) in [5, 5.41) is 12.6. The van der Waals surface area contributed by atoms with E-state index in [1.54, 1.807) is 0 Å². The lowest BCUT2D eigenvalue weighted by Gasteiger charge is -2.35. The number of carbonyl (C=O) groups excluding carboxylic acids is 1. The fraction of sp³-hybridized carbons (Fsp3) is 0.500. The van der Waals surface area contributed by atoms with Crippen molar-refractivity contribution in [2.75, 3.05) is 0 Å².